The van der Waals surface area contributed by atoms with E-state index in [-0.39, 0.29) is 17.3 Å². The van der Waals surface area contributed by atoms with E-state index in [0.29, 0.717) is 6.54 Å². The lowest BCUT2D eigenvalue weighted by atomic mass is 10.4. The maximum atomic E-state index is 12.1. The van der Waals surface area contributed by atoms with Gasteiger partial charge >= 0.3 is 0 Å². The van der Waals surface area contributed by atoms with Crippen molar-refractivity contribution in [2.24, 2.45) is 0 Å². The van der Waals surface area contributed by atoms with E-state index < -0.39 is 10.0 Å². The van der Waals surface area contributed by atoms with E-state index in [1.807, 2.05) is 0 Å². The number of likely N-dealkylation sites (N-methyl/N-ethyl adjacent to an activating group) is 1. The fraction of sp³-hybridized carbons (Fsp3) is 0.250. The number of carbonyl (C=O) groups is 1. The van der Waals surface area contributed by atoms with Crippen molar-refractivity contribution >= 4 is 15.9 Å². The van der Waals surface area contributed by atoms with Crippen LogP contribution in [0.4, 0.5) is 0 Å². The van der Waals surface area contributed by atoms with E-state index in [1.54, 1.807) is 18.2 Å². The van der Waals surface area contributed by atoms with Crippen molar-refractivity contribution in [3.63, 3.8) is 0 Å². The van der Waals surface area contributed by atoms with Gasteiger partial charge in [0.2, 0.25) is 15.9 Å². The van der Waals surface area contributed by atoms with Gasteiger partial charge in [0, 0.05) is 13.6 Å². The van der Waals surface area contributed by atoms with Crippen LogP contribution in [0.5, 0.6) is 0 Å². The molecule has 1 amide bonds. The van der Waals surface area contributed by atoms with E-state index in [2.05, 4.69) is 11.9 Å². The van der Waals surface area contributed by atoms with Gasteiger partial charge in [-0.2, -0.15) is 4.31 Å². The number of carbonyl (C=O) groups excluding carboxylic acids is 1. The number of benzene rings is 1. The Morgan fingerprint density at radius 1 is 1.39 bits per heavy atom. The Hall–Kier alpha value is -1.66. The first-order valence-corrected chi connectivity index (χ1v) is 6.81. The molecule has 0 bridgehead atoms. The summed E-state index contributed by atoms with van der Waals surface area (Å²) in [5, 5.41) is 2.52. The molecule has 0 atom stereocenters. The Balaban J connectivity index is 2.75. The molecule has 1 aromatic rings. The Labute approximate surface area is 107 Å². The first-order valence-electron chi connectivity index (χ1n) is 5.37. The van der Waals surface area contributed by atoms with Crippen LogP contribution in [0.2, 0.25) is 0 Å². The minimum atomic E-state index is -3.61. The number of amides is 1. The van der Waals surface area contributed by atoms with Gasteiger partial charge in [-0.05, 0) is 12.1 Å². The zero-order chi connectivity index (χ0) is 13.6. The molecule has 0 unspecified atom stereocenters. The molecule has 1 N–H and O–H groups in total. The fourth-order valence-corrected chi connectivity index (χ4v) is 2.45. The summed E-state index contributed by atoms with van der Waals surface area (Å²) in [6.45, 7) is 3.56. The molecule has 0 heterocycles. The van der Waals surface area contributed by atoms with Crippen LogP contribution in [0.15, 0.2) is 47.9 Å². The van der Waals surface area contributed by atoms with Crippen molar-refractivity contribution in [3.8, 4) is 0 Å². The maximum Gasteiger partial charge on any atom is 0.243 e. The smallest absolute Gasteiger partial charge is 0.243 e. The van der Waals surface area contributed by atoms with Gasteiger partial charge in [0.05, 0.1) is 11.4 Å². The summed E-state index contributed by atoms with van der Waals surface area (Å²) >= 11 is 0. The van der Waals surface area contributed by atoms with Gasteiger partial charge in [-0.15, -0.1) is 6.58 Å². The highest BCUT2D eigenvalue weighted by atomic mass is 32.2. The summed E-state index contributed by atoms with van der Waals surface area (Å²) < 4.78 is 25.1. The summed E-state index contributed by atoms with van der Waals surface area (Å²) in [6.07, 6.45) is 1.53. The molecule has 1 aromatic carbocycles. The third-order valence-corrected chi connectivity index (χ3v) is 4.08. The van der Waals surface area contributed by atoms with Crippen molar-refractivity contribution in [2.75, 3.05) is 20.1 Å². The van der Waals surface area contributed by atoms with Crippen molar-refractivity contribution in [3.05, 3.63) is 43.0 Å². The average molecular weight is 268 g/mol. The molecule has 0 saturated heterocycles. The lowest BCUT2D eigenvalue weighted by Crippen LogP contribution is -2.38. The number of hydrogen-bond donors (Lipinski definition) is 1. The second kappa shape index (κ2) is 6.32. The number of hydrogen-bond acceptors (Lipinski definition) is 3. The lowest BCUT2D eigenvalue weighted by molar-refractivity contribution is -0.120. The minimum absolute atomic E-state index is 0.170. The number of nitrogens with zero attached hydrogens (tertiary/aromatic N) is 1. The van der Waals surface area contributed by atoms with Crippen LogP contribution < -0.4 is 5.32 Å². The molecule has 5 nitrogen and oxygen atoms in total. The van der Waals surface area contributed by atoms with Crippen LogP contribution in [-0.2, 0) is 14.8 Å². The van der Waals surface area contributed by atoms with Gasteiger partial charge in [-0.3, -0.25) is 4.79 Å². The molecule has 0 aliphatic rings. The molecule has 0 fully saturated rings. The van der Waals surface area contributed by atoms with E-state index in [0.717, 1.165) is 4.31 Å². The number of rotatable bonds is 6. The number of sulfonamides is 1. The second-order valence-electron chi connectivity index (χ2n) is 3.67. The van der Waals surface area contributed by atoms with E-state index in [4.69, 9.17) is 0 Å². The van der Waals surface area contributed by atoms with Crippen molar-refractivity contribution in [2.45, 2.75) is 4.90 Å². The molecule has 98 valence electrons. The minimum Gasteiger partial charge on any atom is -0.351 e. The molecule has 0 saturated carbocycles. The quantitative estimate of drug-likeness (QED) is 0.769. The SMILES string of the molecule is C=CCNC(=O)CN(C)S(=O)(=O)c1ccccc1. The molecule has 0 spiro atoms. The largest absolute Gasteiger partial charge is 0.351 e. The Morgan fingerprint density at radius 2 is 2.00 bits per heavy atom. The van der Waals surface area contributed by atoms with Crippen LogP contribution >= 0.6 is 0 Å². The molecular weight excluding hydrogens is 252 g/mol. The van der Waals surface area contributed by atoms with Gasteiger partial charge in [-0.1, -0.05) is 24.3 Å². The zero-order valence-electron chi connectivity index (χ0n) is 10.2. The molecule has 0 aliphatic heterocycles. The van der Waals surface area contributed by atoms with Crippen LogP contribution in [0.3, 0.4) is 0 Å². The van der Waals surface area contributed by atoms with Crippen LogP contribution in [0, 0.1) is 0 Å². The van der Waals surface area contributed by atoms with Gasteiger partial charge in [0.1, 0.15) is 0 Å². The first-order chi connectivity index (χ1) is 8.48. The third-order valence-electron chi connectivity index (χ3n) is 2.26. The third kappa shape index (κ3) is 3.68. The summed E-state index contributed by atoms with van der Waals surface area (Å²) in [6, 6.07) is 7.99. The monoisotopic (exact) mass is 268 g/mol. The molecule has 0 radical (unpaired) electrons. The van der Waals surface area contributed by atoms with Crippen LogP contribution in [0.1, 0.15) is 0 Å². The van der Waals surface area contributed by atoms with Crippen LogP contribution in [0.25, 0.3) is 0 Å². The lowest BCUT2D eigenvalue weighted by Gasteiger charge is -2.16. The predicted molar refractivity (Wildman–Crippen MR) is 69.5 cm³/mol. The summed E-state index contributed by atoms with van der Waals surface area (Å²) in [5.41, 5.74) is 0. The van der Waals surface area contributed by atoms with Crippen LogP contribution in [-0.4, -0.2) is 38.8 Å². The van der Waals surface area contributed by atoms with Gasteiger partial charge in [0.15, 0.2) is 0 Å². The Kier molecular flexibility index (Phi) is 5.06. The Morgan fingerprint density at radius 3 is 2.56 bits per heavy atom. The zero-order valence-corrected chi connectivity index (χ0v) is 11.0. The molecule has 1 rings (SSSR count). The highest BCUT2D eigenvalue weighted by Crippen LogP contribution is 2.12. The average Bonchev–Trinajstić information content (AvgIpc) is 2.37. The summed E-state index contributed by atoms with van der Waals surface area (Å²) in [7, 11) is -2.24. The van der Waals surface area contributed by atoms with E-state index >= 15 is 0 Å². The normalized spacial score (nSPS) is 11.2. The first kappa shape index (κ1) is 14.4. The maximum absolute atomic E-state index is 12.1. The highest BCUT2D eigenvalue weighted by Gasteiger charge is 2.22. The second-order valence-corrected chi connectivity index (χ2v) is 5.71. The summed E-state index contributed by atoms with van der Waals surface area (Å²) in [5.74, 6) is -0.364. The molecule has 6 heteroatoms. The molecular formula is C12H16N2O3S. The van der Waals surface area contributed by atoms with E-state index in [1.165, 1.54) is 25.3 Å². The van der Waals surface area contributed by atoms with Crippen molar-refractivity contribution < 1.29 is 13.2 Å². The summed E-state index contributed by atoms with van der Waals surface area (Å²) in [4.78, 5) is 11.6. The van der Waals surface area contributed by atoms with E-state index in [9.17, 15) is 13.2 Å². The van der Waals surface area contributed by atoms with Gasteiger partial charge < -0.3 is 5.32 Å². The standard InChI is InChI=1S/C12H16N2O3S/c1-3-9-13-12(15)10-14(2)18(16,17)11-7-5-4-6-8-11/h3-8H,1,9-10H2,2H3,(H,13,15). The predicted octanol–water partition coefficient (Wildman–Crippen LogP) is 0.609. The van der Waals surface area contributed by atoms with Gasteiger partial charge in [-0.25, -0.2) is 8.42 Å². The van der Waals surface area contributed by atoms with Gasteiger partial charge in [0.25, 0.3) is 0 Å². The molecule has 0 aliphatic carbocycles. The topological polar surface area (TPSA) is 66.5 Å². The highest BCUT2D eigenvalue weighted by molar-refractivity contribution is 7.89. The fourth-order valence-electron chi connectivity index (χ4n) is 1.30. The van der Waals surface area contributed by atoms with Crippen molar-refractivity contribution in [1.82, 2.24) is 9.62 Å². The number of nitrogens with one attached hydrogen (secondary N) is 1. The Bertz CT molecular complexity index is 511. The molecule has 18 heavy (non-hydrogen) atoms. The van der Waals surface area contributed by atoms with Crippen molar-refractivity contribution in [1.29, 1.82) is 0 Å². The molecule has 0 aromatic heterocycles.